The topological polar surface area (TPSA) is 239 Å². The van der Waals surface area contributed by atoms with Crippen LogP contribution in [-0.4, -0.2) is 97.9 Å². The van der Waals surface area contributed by atoms with Crippen LogP contribution < -0.4 is 37.9 Å². The molecule has 0 radical (unpaired) electrons. The van der Waals surface area contributed by atoms with Crippen LogP contribution in [0.1, 0.15) is 33.6 Å². The highest BCUT2D eigenvalue weighted by atomic mass is 16.5. The normalized spacial score (nSPS) is 25.5. The average Bonchev–Trinajstić information content (AvgIpc) is 2.83. The number of carbonyl (C=O) groups is 6. The Morgan fingerprint density at radius 2 is 1.59 bits per heavy atom. The summed E-state index contributed by atoms with van der Waals surface area (Å²) >= 11 is 0. The van der Waals surface area contributed by atoms with Crippen molar-refractivity contribution in [1.82, 2.24) is 32.1 Å². The third-order valence-electron chi connectivity index (χ3n) is 5.35. The number of hydrazine groups is 1. The first-order chi connectivity index (χ1) is 17.5. The van der Waals surface area contributed by atoms with Crippen molar-refractivity contribution in [2.24, 2.45) is 11.7 Å². The standard InChI is InChI=1S/C21H37N7O9/c1-4-11(2)16-20(34)28-27-18(32)13(9-14(22)30)24-21(35)26-17(12(3)29)19(33)23-5-6-36-7-8-37-10-15(31)25-16/h11-13,16-17,29H,4-10H2,1-3H3,(H2,22,30)(H,23,33)(H,25,31)(H,27,32)(H,28,34)(H2,24,26,35)/t11?,12?,13-,16-,17-/m0/s1. The molecule has 1 fully saturated rings. The molecular weight excluding hydrogens is 494 g/mol. The number of urea groups is 1. The minimum absolute atomic E-state index is 0.0446. The van der Waals surface area contributed by atoms with Gasteiger partial charge in [0.2, 0.25) is 17.7 Å². The number of nitrogens with two attached hydrogens (primary N) is 1. The minimum Gasteiger partial charge on any atom is -0.391 e. The van der Waals surface area contributed by atoms with E-state index in [1.54, 1.807) is 6.92 Å². The highest BCUT2D eigenvalue weighted by Crippen LogP contribution is 2.08. The molecule has 0 aromatic heterocycles. The largest absolute Gasteiger partial charge is 0.391 e. The van der Waals surface area contributed by atoms with Gasteiger partial charge in [0.1, 0.15) is 24.7 Å². The van der Waals surface area contributed by atoms with Crippen LogP contribution in [0.4, 0.5) is 4.79 Å². The lowest BCUT2D eigenvalue weighted by molar-refractivity contribution is -0.135. The molecule has 5 atom stereocenters. The Morgan fingerprint density at radius 3 is 2.22 bits per heavy atom. The van der Waals surface area contributed by atoms with E-state index < -0.39 is 66.2 Å². The van der Waals surface area contributed by atoms with E-state index in [2.05, 4.69) is 32.1 Å². The lowest BCUT2D eigenvalue weighted by Crippen LogP contribution is -2.61. The molecule has 0 aromatic rings. The van der Waals surface area contributed by atoms with Crippen LogP contribution >= 0.6 is 0 Å². The van der Waals surface area contributed by atoms with Gasteiger partial charge < -0.3 is 41.6 Å². The van der Waals surface area contributed by atoms with Gasteiger partial charge in [0.25, 0.3) is 11.8 Å². The molecule has 7 amide bonds. The second-order valence-corrected chi connectivity index (χ2v) is 8.42. The molecule has 0 bridgehead atoms. The maximum atomic E-state index is 12.7. The van der Waals surface area contributed by atoms with Gasteiger partial charge in [-0.1, -0.05) is 20.3 Å². The summed E-state index contributed by atoms with van der Waals surface area (Å²) in [5, 5.41) is 19.4. The van der Waals surface area contributed by atoms with Gasteiger partial charge in [0, 0.05) is 6.54 Å². The Hall–Kier alpha value is -3.50. The summed E-state index contributed by atoms with van der Waals surface area (Å²) in [5.41, 5.74) is 9.42. The molecule has 1 aliphatic heterocycles. The number of primary amides is 1. The lowest BCUT2D eigenvalue weighted by atomic mass is 9.98. The van der Waals surface area contributed by atoms with E-state index in [9.17, 15) is 33.9 Å². The quantitative estimate of drug-likeness (QED) is 0.173. The van der Waals surface area contributed by atoms with Crippen LogP contribution in [-0.2, 0) is 33.4 Å². The summed E-state index contributed by atoms with van der Waals surface area (Å²) in [4.78, 5) is 73.9. The molecule has 9 N–H and O–H groups in total. The van der Waals surface area contributed by atoms with Crippen molar-refractivity contribution in [3.63, 3.8) is 0 Å². The van der Waals surface area contributed by atoms with Gasteiger partial charge in [-0.15, -0.1) is 0 Å². The first-order valence-electron chi connectivity index (χ1n) is 11.8. The second-order valence-electron chi connectivity index (χ2n) is 8.42. The van der Waals surface area contributed by atoms with Gasteiger partial charge in [0.15, 0.2) is 0 Å². The van der Waals surface area contributed by atoms with Crippen LogP contribution in [0.15, 0.2) is 0 Å². The predicted molar refractivity (Wildman–Crippen MR) is 127 cm³/mol. The molecule has 37 heavy (non-hydrogen) atoms. The molecule has 0 aliphatic carbocycles. The molecular formula is C21H37N7O9. The van der Waals surface area contributed by atoms with E-state index in [-0.39, 0.29) is 38.9 Å². The fourth-order valence-corrected chi connectivity index (χ4v) is 3.10. The third kappa shape index (κ3) is 11.9. The minimum atomic E-state index is -1.54. The van der Waals surface area contributed by atoms with Crippen LogP contribution in [0.25, 0.3) is 0 Å². The van der Waals surface area contributed by atoms with E-state index in [4.69, 9.17) is 15.2 Å². The van der Waals surface area contributed by atoms with Gasteiger partial charge in [-0.3, -0.25) is 34.8 Å². The SMILES string of the molecule is CCC(C)[C@@H]1NC(=O)COCCOCCNC(=O)[C@H](C(C)O)NC(=O)N[C@@H](CC(N)=O)C(=O)NNC1=O. The summed E-state index contributed by atoms with van der Waals surface area (Å²) < 4.78 is 10.5. The van der Waals surface area contributed by atoms with E-state index in [1.165, 1.54) is 6.92 Å². The van der Waals surface area contributed by atoms with E-state index in [0.29, 0.717) is 6.42 Å². The van der Waals surface area contributed by atoms with Crippen molar-refractivity contribution in [2.75, 3.05) is 33.0 Å². The Balaban J connectivity index is 3.07. The maximum Gasteiger partial charge on any atom is 0.316 e. The summed E-state index contributed by atoms with van der Waals surface area (Å²) in [6.45, 7) is 4.76. The first-order valence-corrected chi connectivity index (χ1v) is 11.8. The van der Waals surface area contributed by atoms with Crippen molar-refractivity contribution in [2.45, 2.75) is 57.8 Å². The fourth-order valence-electron chi connectivity index (χ4n) is 3.10. The van der Waals surface area contributed by atoms with Crippen molar-refractivity contribution >= 4 is 35.6 Å². The van der Waals surface area contributed by atoms with Crippen molar-refractivity contribution in [1.29, 1.82) is 0 Å². The smallest absolute Gasteiger partial charge is 0.316 e. The average molecular weight is 532 g/mol. The van der Waals surface area contributed by atoms with Gasteiger partial charge in [-0.25, -0.2) is 4.79 Å². The number of nitrogens with one attached hydrogen (secondary N) is 6. The molecule has 16 heteroatoms. The number of ether oxygens (including phenoxy) is 2. The Morgan fingerprint density at radius 1 is 0.946 bits per heavy atom. The summed E-state index contributed by atoms with van der Waals surface area (Å²) in [6, 6.07) is -5.02. The van der Waals surface area contributed by atoms with Gasteiger partial charge in [-0.05, 0) is 12.8 Å². The van der Waals surface area contributed by atoms with Crippen LogP contribution in [0, 0.1) is 5.92 Å². The number of hydrogen-bond donors (Lipinski definition) is 8. The summed E-state index contributed by atoms with van der Waals surface area (Å²) in [5.74, 6) is -4.31. The zero-order valence-electron chi connectivity index (χ0n) is 21.1. The number of aliphatic hydroxyl groups excluding tert-OH is 1. The molecule has 0 spiro atoms. The Kier molecular flexibility index (Phi) is 13.9. The molecule has 0 aromatic carbocycles. The maximum absolute atomic E-state index is 12.7. The highest BCUT2D eigenvalue weighted by molar-refractivity contribution is 5.95. The summed E-state index contributed by atoms with van der Waals surface area (Å²) in [6.07, 6.45) is -1.43. The number of amides is 7. The molecule has 2 unspecified atom stereocenters. The number of hydrogen-bond acceptors (Lipinski definition) is 9. The van der Waals surface area contributed by atoms with Crippen molar-refractivity contribution in [3.05, 3.63) is 0 Å². The number of carbonyl (C=O) groups excluding carboxylic acids is 6. The zero-order chi connectivity index (χ0) is 28.0. The van der Waals surface area contributed by atoms with Gasteiger partial charge in [0.05, 0.1) is 32.3 Å². The third-order valence-corrected chi connectivity index (χ3v) is 5.35. The number of aliphatic hydroxyl groups is 1. The molecule has 210 valence electrons. The molecule has 1 aliphatic rings. The zero-order valence-corrected chi connectivity index (χ0v) is 21.1. The second kappa shape index (κ2) is 16.3. The monoisotopic (exact) mass is 531 g/mol. The Labute approximate surface area is 214 Å². The molecule has 0 saturated carbocycles. The predicted octanol–water partition coefficient (Wildman–Crippen LogP) is -3.88. The van der Waals surface area contributed by atoms with E-state index in [1.807, 2.05) is 6.92 Å². The lowest BCUT2D eigenvalue weighted by Gasteiger charge is -2.25. The fraction of sp³-hybridized carbons (Fsp3) is 0.714. The Bertz CT molecular complexity index is 824. The molecule has 1 saturated heterocycles. The molecule has 1 heterocycles. The van der Waals surface area contributed by atoms with Crippen LogP contribution in [0.3, 0.4) is 0 Å². The first kappa shape index (κ1) is 31.5. The molecule has 16 nitrogen and oxygen atoms in total. The van der Waals surface area contributed by atoms with E-state index >= 15 is 0 Å². The van der Waals surface area contributed by atoms with Crippen LogP contribution in [0.2, 0.25) is 0 Å². The van der Waals surface area contributed by atoms with E-state index in [0.717, 1.165) is 0 Å². The molecule has 1 rings (SSSR count). The van der Waals surface area contributed by atoms with Gasteiger partial charge in [-0.2, -0.15) is 0 Å². The van der Waals surface area contributed by atoms with Crippen molar-refractivity contribution in [3.8, 4) is 0 Å². The summed E-state index contributed by atoms with van der Waals surface area (Å²) in [7, 11) is 0. The number of rotatable bonds is 5. The van der Waals surface area contributed by atoms with Gasteiger partial charge >= 0.3 is 6.03 Å². The van der Waals surface area contributed by atoms with Crippen molar-refractivity contribution < 1.29 is 43.3 Å². The highest BCUT2D eigenvalue weighted by Gasteiger charge is 2.30. The van der Waals surface area contributed by atoms with Crippen LogP contribution in [0.5, 0.6) is 0 Å².